The number of halogens is 1. The summed E-state index contributed by atoms with van der Waals surface area (Å²) in [7, 11) is 2.26. The smallest absolute Gasteiger partial charge is 0.0244 e. The monoisotopic (exact) mass is 281 g/mol. The Morgan fingerprint density at radius 2 is 1.88 bits per heavy atom. The van der Waals surface area contributed by atoms with Gasteiger partial charge in [0.05, 0.1) is 0 Å². The fourth-order valence-corrected chi connectivity index (χ4v) is 2.96. The molecule has 0 amide bonds. The van der Waals surface area contributed by atoms with E-state index in [0.29, 0.717) is 0 Å². The minimum absolute atomic E-state index is 0.792. The van der Waals surface area contributed by atoms with Crippen LogP contribution in [0.15, 0.2) is 28.7 Å². The highest BCUT2D eigenvalue weighted by Gasteiger charge is 2.18. The molecule has 0 radical (unpaired) electrons. The summed E-state index contributed by atoms with van der Waals surface area (Å²) < 4.78 is 1.23. The molecule has 0 saturated heterocycles. The lowest BCUT2D eigenvalue weighted by Crippen LogP contribution is -2.32. The maximum absolute atomic E-state index is 3.62. The Morgan fingerprint density at radius 1 is 1.19 bits per heavy atom. The number of hydrogen-bond donors (Lipinski definition) is 0. The lowest BCUT2D eigenvalue weighted by molar-refractivity contribution is 0.184. The van der Waals surface area contributed by atoms with Gasteiger partial charge in [0, 0.05) is 17.1 Å². The van der Waals surface area contributed by atoms with E-state index in [1.54, 1.807) is 0 Å². The van der Waals surface area contributed by atoms with Crippen LogP contribution in [0.2, 0.25) is 0 Å². The summed E-state index contributed by atoms with van der Waals surface area (Å²) >= 11 is 3.62. The molecule has 0 spiro atoms. The number of benzene rings is 1. The quantitative estimate of drug-likeness (QED) is 0.802. The second kappa shape index (κ2) is 5.83. The number of rotatable bonds is 3. The molecule has 1 aromatic carbocycles. The molecule has 1 aromatic rings. The van der Waals surface area contributed by atoms with E-state index in [-0.39, 0.29) is 0 Å². The van der Waals surface area contributed by atoms with Crippen molar-refractivity contribution in [3.8, 4) is 0 Å². The molecule has 1 aliphatic carbocycles. The third-order valence-electron chi connectivity index (χ3n) is 3.58. The second-order valence-electron chi connectivity index (χ2n) is 4.80. The molecular weight excluding hydrogens is 262 g/mol. The van der Waals surface area contributed by atoms with Gasteiger partial charge >= 0.3 is 0 Å². The zero-order valence-electron chi connectivity index (χ0n) is 9.95. The molecule has 2 heteroatoms. The van der Waals surface area contributed by atoms with Crippen molar-refractivity contribution in [2.75, 3.05) is 7.05 Å². The molecule has 2 rings (SSSR count). The van der Waals surface area contributed by atoms with Crippen LogP contribution in [0, 0.1) is 0 Å². The van der Waals surface area contributed by atoms with E-state index in [1.165, 1.54) is 42.1 Å². The molecule has 1 saturated carbocycles. The standard InChI is InChI=1S/C14H20BrN/c1-16(13-8-3-2-4-9-13)11-12-7-5-6-10-14(12)15/h5-7,10,13H,2-4,8-9,11H2,1H3. The maximum Gasteiger partial charge on any atom is 0.0244 e. The summed E-state index contributed by atoms with van der Waals surface area (Å²) in [6.07, 6.45) is 7.00. The first-order valence-corrected chi connectivity index (χ1v) is 7.00. The Hall–Kier alpha value is -0.340. The minimum atomic E-state index is 0.792. The molecule has 0 unspecified atom stereocenters. The third-order valence-corrected chi connectivity index (χ3v) is 4.35. The van der Waals surface area contributed by atoms with Gasteiger partial charge in [-0.3, -0.25) is 4.90 Å². The van der Waals surface area contributed by atoms with Gasteiger partial charge in [-0.15, -0.1) is 0 Å². The molecule has 0 aliphatic heterocycles. The average Bonchev–Trinajstić information content (AvgIpc) is 2.33. The topological polar surface area (TPSA) is 3.24 Å². The van der Waals surface area contributed by atoms with E-state index in [4.69, 9.17) is 0 Å². The Bertz CT molecular complexity index is 331. The first-order chi connectivity index (χ1) is 7.77. The summed E-state index contributed by atoms with van der Waals surface area (Å²) in [5.41, 5.74) is 1.40. The van der Waals surface area contributed by atoms with Crippen LogP contribution in [0.25, 0.3) is 0 Å². The lowest BCUT2D eigenvalue weighted by Gasteiger charge is -2.31. The Labute approximate surface area is 107 Å². The fraction of sp³-hybridized carbons (Fsp3) is 0.571. The van der Waals surface area contributed by atoms with E-state index < -0.39 is 0 Å². The van der Waals surface area contributed by atoms with Gasteiger partial charge in [0.15, 0.2) is 0 Å². The van der Waals surface area contributed by atoms with Crippen molar-refractivity contribution < 1.29 is 0 Å². The Morgan fingerprint density at radius 3 is 2.56 bits per heavy atom. The molecule has 1 aliphatic rings. The molecule has 16 heavy (non-hydrogen) atoms. The Balaban J connectivity index is 1.96. The molecule has 0 heterocycles. The van der Waals surface area contributed by atoms with Crippen LogP contribution in [0.4, 0.5) is 0 Å². The van der Waals surface area contributed by atoms with E-state index >= 15 is 0 Å². The van der Waals surface area contributed by atoms with Gasteiger partial charge in [0.2, 0.25) is 0 Å². The van der Waals surface area contributed by atoms with Gasteiger partial charge in [-0.25, -0.2) is 0 Å². The van der Waals surface area contributed by atoms with Crippen LogP contribution >= 0.6 is 15.9 Å². The summed E-state index contributed by atoms with van der Waals surface area (Å²) in [5, 5.41) is 0. The van der Waals surface area contributed by atoms with Crippen molar-refractivity contribution in [1.29, 1.82) is 0 Å². The summed E-state index contributed by atoms with van der Waals surface area (Å²) in [6.45, 7) is 1.06. The lowest BCUT2D eigenvalue weighted by atomic mass is 9.94. The van der Waals surface area contributed by atoms with Gasteiger partial charge in [0.25, 0.3) is 0 Å². The largest absolute Gasteiger partial charge is 0.299 e. The normalized spacial score (nSPS) is 17.9. The van der Waals surface area contributed by atoms with Gasteiger partial charge in [-0.1, -0.05) is 53.4 Å². The van der Waals surface area contributed by atoms with E-state index in [9.17, 15) is 0 Å². The molecule has 88 valence electrons. The van der Waals surface area contributed by atoms with Crippen molar-refractivity contribution in [3.63, 3.8) is 0 Å². The van der Waals surface area contributed by atoms with Gasteiger partial charge in [-0.2, -0.15) is 0 Å². The molecular formula is C14H20BrN. The SMILES string of the molecule is CN(Cc1ccccc1Br)C1CCCCC1. The third kappa shape index (κ3) is 3.08. The van der Waals surface area contributed by atoms with Crippen LogP contribution in [0.5, 0.6) is 0 Å². The predicted octanol–water partition coefficient (Wildman–Crippen LogP) is 4.21. The van der Waals surface area contributed by atoms with Gasteiger partial charge < -0.3 is 0 Å². The molecule has 0 N–H and O–H groups in total. The van der Waals surface area contributed by atoms with Crippen LogP contribution in [-0.4, -0.2) is 18.0 Å². The predicted molar refractivity (Wildman–Crippen MR) is 72.5 cm³/mol. The maximum atomic E-state index is 3.62. The fourth-order valence-electron chi connectivity index (χ4n) is 2.55. The van der Waals surface area contributed by atoms with Crippen LogP contribution in [0.1, 0.15) is 37.7 Å². The highest BCUT2D eigenvalue weighted by Crippen LogP contribution is 2.24. The van der Waals surface area contributed by atoms with Crippen molar-refractivity contribution in [1.82, 2.24) is 4.90 Å². The van der Waals surface area contributed by atoms with E-state index in [0.717, 1.165) is 12.6 Å². The summed E-state index contributed by atoms with van der Waals surface area (Å²) in [4.78, 5) is 2.51. The van der Waals surface area contributed by atoms with Crippen molar-refractivity contribution in [2.45, 2.75) is 44.7 Å². The minimum Gasteiger partial charge on any atom is -0.299 e. The van der Waals surface area contributed by atoms with Crippen LogP contribution < -0.4 is 0 Å². The zero-order valence-corrected chi connectivity index (χ0v) is 11.5. The second-order valence-corrected chi connectivity index (χ2v) is 5.65. The molecule has 0 bridgehead atoms. The van der Waals surface area contributed by atoms with E-state index in [2.05, 4.69) is 52.1 Å². The first kappa shape index (κ1) is 12.1. The van der Waals surface area contributed by atoms with E-state index in [1.807, 2.05) is 0 Å². The molecule has 0 atom stereocenters. The zero-order chi connectivity index (χ0) is 11.4. The Kier molecular flexibility index (Phi) is 4.42. The average molecular weight is 282 g/mol. The van der Waals surface area contributed by atoms with Gasteiger partial charge in [-0.05, 0) is 31.5 Å². The summed E-state index contributed by atoms with van der Waals surface area (Å²) in [5.74, 6) is 0. The number of hydrogen-bond acceptors (Lipinski definition) is 1. The van der Waals surface area contributed by atoms with Crippen molar-refractivity contribution in [2.24, 2.45) is 0 Å². The van der Waals surface area contributed by atoms with Gasteiger partial charge in [0.1, 0.15) is 0 Å². The van der Waals surface area contributed by atoms with Crippen LogP contribution in [0.3, 0.4) is 0 Å². The summed E-state index contributed by atoms with van der Waals surface area (Å²) in [6, 6.07) is 9.33. The van der Waals surface area contributed by atoms with Crippen LogP contribution in [-0.2, 0) is 6.54 Å². The van der Waals surface area contributed by atoms with Crippen molar-refractivity contribution >= 4 is 15.9 Å². The first-order valence-electron chi connectivity index (χ1n) is 6.21. The molecule has 0 aromatic heterocycles. The van der Waals surface area contributed by atoms with Crippen molar-refractivity contribution in [3.05, 3.63) is 34.3 Å². The number of nitrogens with zero attached hydrogens (tertiary/aromatic N) is 1. The molecule has 1 fully saturated rings. The molecule has 1 nitrogen and oxygen atoms in total. The highest BCUT2D eigenvalue weighted by molar-refractivity contribution is 9.10. The highest BCUT2D eigenvalue weighted by atomic mass is 79.9.